The molecule has 0 radical (unpaired) electrons. The maximum Gasteiger partial charge on any atom is 0.191 e. The second-order valence-corrected chi connectivity index (χ2v) is 6.85. The van der Waals surface area contributed by atoms with Crippen molar-refractivity contribution >= 4 is 29.9 Å². The zero-order valence-corrected chi connectivity index (χ0v) is 18.9. The topological polar surface area (TPSA) is 65.9 Å². The van der Waals surface area contributed by atoms with Crippen molar-refractivity contribution in [1.82, 2.24) is 10.6 Å². The summed E-state index contributed by atoms with van der Waals surface area (Å²) >= 11 is 0. The van der Waals surface area contributed by atoms with Gasteiger partial charge in [-0.3, -0.25) is 4.99 Å². The Morgan fingerprint density at radius 1 is 1.15 bits per heavy atom. The van der Waals surface area contributed by atoms with Gasteiger partial charge in [0.2, 0.25) is 0 Å². The van der Waals surface area contributed by atoms with Gasteiger partial charge in [-0.25, -0.2) is 0 Å². The van der Waals surface area contributed by atoms with Gasteiger partial charge in [-0.15, -0.1) is 24.0 Å². The first-order chi connectivity index (χ1) is 12.0. The van der Waals surface area contributed by atoms with E-state index in [4.69, 9.17) is 9.73 Å². The Hall–Kier alpha value is -1.02. The van der Waals surface area contributed by atoms with E-state index in [1.807, 2.05) is 37.3 Å². The highest BCUT2D eigenvalue weighted by atomic mass is 127. The van der Waals surface area contributed by atoms with Crippen LogP contribution in [0.5, 0.6) is 5.75 Å². The van der Waals surface area contributed by atoms with Crippen molar-refractivity contribution in [3.63, 3.8) is 0 Å². The zero-order valence-electron chi connectivity index (χ0n) is 16.6. The number of halogens is 1. The molecule has 6 heteroatoms. The number of guanidine groups is 1. The molecule has 150 valence electrons. The molecule has 0 saturated carbocycles. The van der Waals surface area contributed by atoms with Gasteiger partial charge in [0.15, 0.2) is 5.96 Å². The van der Waals surface area contributed by atoms with Crippen LogP contribution >= 0.6 is 24.0 Å². The second kappa shape index (κ2) is 15.1. The molecule has 5 nitrogen and oxygen atoms in total. The maximum atomic E-state index is 9.24. The lowest BCUT2D eigenvalue weighted by atomic mass is 9.94. The van der Waals surface area contributed by atoms with E-state index in [0.717, 1.165) is 37.6 Å². The van der Waals surface area contributed by atoms with Crippen LogP contribution in [0.25, 0.3) is 0 Å². The first-order valence-electron chi connectivity index (χ1n) is 9.39. The molecule has 0 aliphatic rings. The van der Waals surface area contributed by atoms with Crippen LogP contribution < -0.4 is 15.4 Å². The molecule has 0 aliphatic carbocycles. The van der Waals surface area contributed by atoms with Crippen molar-refractivity contribution in [2.45, 2.75) is 46.6 Å². The van der Waals surface area contributed by atoms with Gasteiger partial charge in [0.1, 0.15) is 11.9 Å². The Labute approximate surface area is 176 Å². The Balaban J connectivity index is 0.00000625. The fourth-order valence-electron chi connectivity index (χ4n) is 2.71. The molecule has 1 aromatic carbocycles. The van der Waals surface area contributed by atoms with Gasteiger partial charge in [-0.05, 0) is 50.7 Å². The largest absolute Gasteiger partial charge is 0.489 e. The van der Waals surface area contributed by atoms with Crippen LogP contribution in [0.4, 0.5) is 0 Å². The number of hydrogen-bond donors (Lipinski definition) is 3. The van der Waals surface area contributed by atoms with Gasteiger partial charge in [0.05, 0.1) is 6.54 Å². The second-order valence-electron chi connectivity index (χ2n) is 6.85. The fourth-order valence-corrected chi connectivity index (χ4v) is 2.71. The standard InChI is InChI=1S/C20H35N3O2.HI/c1-5-21-20(23-15-18(11-12-24)13-16(2)3)22-14-17(4)25-19-9-7-6-8-10-19;/h6-10,16-18,24H,5,11-15H2,1-4H3,(H2,21,22,23);1H. The van der Waals surface area contributed by atoms with Crippen LogP contribution in [0.1, 0.15) is 40.5 Å². The maximum absolute atomic E-state index is 9.24. The van der Waals surface area contributed by atoms with Crippen molar-refractivity contribution in [3.05, 3.63) is 30.3 Å². The molecule has 1 aromatic rings. The van der Waals surface area contributed by atoms with E-state index in [1.54, 1.807) is 0 Å². The molecule has 0 fully saturated rings. The summed E-state index contributed by atoms with van der Waals surface area (Å²) in [7, 11) is 0. The Kier molecular flexibility index (Phi) is 14.5. The number of nitrogens with zero attached hydrogens (tertiary/aromatic N) is 1. The highest BCUT2D eigenvalue weighted by Crippen LogP contribution is 2.15. The van der Waals surface area contributed by atoms with E-state index in [-0.39, 0.29) is 36.7 Å². The van der Waals surface area contributed by atoms with Crippen molar-refractivity contribution in [3.8, 4) is 5.75 Å². The Bertz CT molecular complexity index is 483. The highest BCUT2D eigenvalue weighted by molar-refractivity contribution is 14.0. The third-order valence-corrected chi connectivity index (χ3v) is 3.83. The van der Waals surface area contributed by atoms with E-state index in [1.165, 1.54) is 0 Å². The number of ether oxygens (including phenoxy) is 1. The van der Waals surface area contributed by atoms with Crippen LogP contribution in [-0.4, -0.2) is 43.4 Å². The third kappa shape index (κ3) is 11.6. The predicted octanol–water partition coefficient (Wildman–Crippen LogP) is 3.67. The normalized spacial score (nSPS) is 13.7. The van der Waals surface area contributed by atoms with E-state index in [2.05, 4.69) is 31.4 Å². The van der Waals surface area contributed by atoms with Crippen molar-refractivity contribution in [1.29, 1.82) is 0 Å². The fraction of sp³-hybridized carbons (Fsp3) is 0.650. The van der Waals surface area contributed by atoms with Crippen molar-refractivity contribution < 1.29 is 9.84 Å². The van der Waals surface area contributed by atoms with Crippen molar-refractivity contribution in [2.75, 3.05) is 26.2 Å². The monoisotopic (exact) mass is 477 g/mol. The van der Waals surface area contributed by atoms with Crippen LogP contribution in [0.2, 0.25) is 0 Å². The first kappa shape index (κ1) is 25.0. The molecule has 0 heterocycles. The lowest BCUT2D eigenvalue weighted by Crippen LogP contribution is -2.42. The van der Waals surface area contributed by atoms with E-state index >= 15 is 0 Å². The summed E-state index contributed by atoms with van der Waals surface area (Å²) < 4.78 is 5.88. The number of aliphatic imine (C=N–C) groups is 1. The van der Waals surface area contributed by atoms with Crippen LogP contribution in [-0.2, 0) is 0 Å². The molecule has 3 N–H and O–H groups in total. The van der Waals surface area contributed by atoms with Crippen LogP contribution in [0.15, 0.2) is 35.3 Å². The molecule has 0 aliphatic heterocycles. The number of benzene rings is 1. The molecule has 0 spiro atoms. The molecule has 0 bridgehead atoms. The minimum Gasteiger partial charge on any atom is -0.489 e. The van der Waals surface area contributed by atoms with E-state index in [0.29, 0.717) is 18.4 Å². The Morgan fingerprint density at radius 3 is 2.42 bits per heavy atom. The van der Waals surface area contributed by atoms with Gasteiger partial charge < -0.3 is 20.5 Å². The number of hydrogen-bond acceptors (Lipinski definition) is 3. The number of aliphatic hydroxyl groups is 1. The van der Waals surface area contributed by atoms with Crippen molar-refractivity contribution in [2.24, 2.45) is 16.8 Å². The third-order valence-electron chi connectivity index (χ3n) is 3.83. The lowest BCUT2D eigenvalue weighted by molar-refractivity contribution is 0.223. The summed E-state index contributed by atoms with van der Waals surface area (Å²) in [5.74, 6) is 2.71. The molecule has 0 amide bonds. The van der Waals surface area contributed by atoms with E-state index in [9.17, 15) is 5.11 Å². The summed E-state index contributed by atoms with van der Waals surface area (Å²) in [5, 5.41) is 15.9. The number of rotatable bonds is 11. The minimum absolute atomic E-state index is 0. The average Bonchev–Trinajstić information content (AvgIpc) is 2.58. The molecule has 0 saturated heterocycles. The van der Waals surface area contributed by atoms with Crippen LogP contribution in [0.3, 0.4) is 0 Å². The zero-order chi connectivity index (χ0) is 18.5. The van der Waals surface area contributed by atoms with Crippen LogP contribution in [0, 0.1) is 11.8 Å². The SMILES string of the molecule is CCNC(=NCC(CCO)CC(C)C)NCC(C)Oc1ccccc1.I. The highest BCUT2D eigenvalue weighted by Gasteiger charge is 2.11. The van der Waals surface area contributed by atoms with Gasteiger partial charge in [-0.1, -0.05) is 32.0 Å². The molecular formula is C20H36IN3O2. The van der Waals surface area contributed by atoms with Gasteiger partial charge in [-0.2, -0.15) is 0 Å². The minimum atomic E-state index is 0. The molecular weight excluding hydrogens is 441 g/mol. The van der Waals surface area contributed by atoms with Gasteiger partial charge in [0, 0.05) is 19.7 Å². The quantitative estimate of drug-likeness (QED) is 0.259. The summed E-state index contributed by atoms with van der Waals surface area (Å²) in [6, 6.07) is 9.84. The molecule has 2 atom stereocenters. The van der Waals surface area contributed by atoms with E-state index < -0.39 is 0 Å². The number of aliphatic hydroxyl groups excluding tert-OH is 1. The molecule has 26 heavy (non-hydrogen) atoms. The number of para-hydroxylation sites is 1. The average molecular weight is 477 g/mol. The summed E-state index contributed by atoms with van der Waals surface area (Å²) in [4.78, 5) is 4.69. The lowest BCUT2D eigenvalue weighted by Gasteiger charge is -2.19. The number of nitrogens with one attached hydrogen (secondary N) is 2. The molecule has 1 rings (SSSR count). The first-order valence-corrected chi connectivity index (χ1v) is 9.39. The Morgan fingerprint density at radius 2 is 1.85 bits per heavy atom. The predicted molar refractivity (Wildman–Crippen MR) is 121 cm³/mol. The van der Waals surface area contributed by atoms with Gasteiger partial charge in [0.25, 0.3) is 0 Å². The summed E-state index contributed by atoms with van der Waals surface area (Å²) in [6.07, 6.45) is 1.92. The molecule has 0 aromatic heterocycles. The smallest absolute Gasteiger partial charge is 0.191 e. The summed E-state index contributed by atoms with van der Waals surface area (Å²) in [5.41, 5.74) is 0. The summed E-state index contributed by atoms with van der Waals surface area (Å²) in [6.45, 7) is 10.9. The molecule has 2 unspecified atom stereocenters. The van der Waals surface area contributed by atoms with Gasteiger partial charge >= 0.3 is 0 Å².